The molecule has 2 aliphatic rings. The number of benzene rings is 1. The highest BCUT2D eigenvalue weighted by atomic mass is 19.4. The smallest absolute Gasteiger partial charge is 0.393 e. The first-order valence-electron chi connectivity index (χ1n) is 9.38. The van der Waals surface area contributed by atoms with E-state index in [1.54, 1.807) is 9.80 Å². The minimum atomic E-state index is -4.48. The number of hydrogen-bond donors (Lipinski definition) is 2. The molecule has 0 saturated carbocycles. The largest absolute Gasteiger partial charge is 0.416 e. The zero-order valence-electron chi connectivity index (χ0n) is 15.4. The molecular weight excluding hydrogens is 375 g/mol. The lowest BCUT2D eigenvalue weighted by molar-refractivity contribution is -0.141. The van der Waals surface area contributed by atoms with Crippen molar-refractivity contribution < 1.29 is 27.9 Å². The van der Waals surface area contributed by atoms with Gasteiger partial charge in [-0.2, -0.15) is 13.2 Å². The van der Waals surface area contributed by atoms with Crippen LogP contribution in [0, 0.1) is 0 Å². The molecule has 0 aromatic heterocycles. The van der Waals surface area contributed by atoms with Gasteiger partial charge in [0.1, 0.15) is 0 Å². The number of aliphatic hydroxyl groups excluding tert-OH is 1. The van der Waals surface area contributed by atoms with Crippen molar-refractivity contribution in [1.29, 1.82) is 0 Å². The molecular formula is C19H24F3N3O3. The molecule has 0 spiro atoms. The number of aliphatic hydroxyl groups is 1. The Balaban J connectivity index is 1.73. The Morgan fingerprint density at radius 2 is 1.86 bits per heavy atom. The zero-order chi connectivity index (χ0) is 20.3. The Kier molecular flexibility index (Phi) is 6.24. The van der Waals surface area contributed by atoms with Gasteiger partial charge in [-0.3, -0.25) is 14.5 Å². The van der Waals surface area contributed by atoms with Crippen LogP contribution in [0.1, 0.15) is 30.4 Å². The second-order valence-electron chi connectivity index (χ2n) is 7.25. The van der Waals surface area contributed by atoms with Crippen molar-refractivity contribution >= 4 is 11.8 Å². The highest BCUT2D eigenvalue weighted by Gasteiger charge is 2.37. The third-order valence-electron chi connectivity index (χ3n) is 5.32. The van der Waals surface area contributed by atoms with Crippen molar-refractivity contribution in [2.24, 2.45) is 0 Å². The summed E-state index contributed by atoms with van der Waals surface area (Å²) in [7, 11) is 0. The van der Waals surface area contributed by atoms with Crippen molar-refractivity contribution in [3.05, 3.63) is 35.4 Å². The molecule has 2 saturated heterocycles. The van der Waals surface area contributed by atoms with Crippen LogP contribution in [0.15, 0.2) is 24.3 Å². The molecule has 154 valence electrons. The quantitative estimate of drug-likeness (QED) is 0.803. The van der Waals surface area contributed by atoms with Gasteiger partial charge in [0.2, 0.25) is 11.8 Å². The molecule has 1 aromatic carbocycles. The van der Waals surface area contributed by atoms with Crippen LogP contribution in [0.2, 0.25) is 0 Å². The van der Waals surface area contributed by atoms with E-state index in [0.717, 1.165) is 6.07 Å². The van der Waals surface area contributed by atoms with E-state index in [9.17, 15) is 27.9 Å². The maximum Gasteiger partial charge on any atom is 0.416 e. The maximum atomic E-state index is 13.3. The minimum Gasteiger partial charge on any atom is -0.393 e. The summed E-state index contributed by atoms with van der Waals surface area (Å²) < 4.78 is 39.8. The van der Waals surface area contributed by atoms with Crippen LogP contribution in [0.3, 0.4) is 0 Å². The van der Waals surface area contributed by atoms with Gasteiger partial charge in [0.15, 0.2) is 0 Å². The third-order valence-corrected chi connectivity index (χ3v) is 5.32. The predicted octanol–water partition coefficient (Wildman–Crippen LogP) is 1.38. The molecule has 0 bridgehead atoms. The van der Waals surface area contributed by atoms with Crippen molar-refractivity contribution in [3.8, 4) is 0 Å². The van der Waals surface area contributed by atoms with Gasteiger partial charge in [0, 0.05) is 32.7 Å². The second kappa shape index (κ2) is 8.48. The molecule has 2 fully saturated rings. The molecule has 1 aromatic rings. The topological polar surface area (TPSA) is 72.9 Å². The summed E-state index contributed by atoms with van der Waals surface area (Å²) in [4.78, 5) is 28.2. The molecule has 0 aliphatic carbocycles. The van der Waals surface area contributed by atoms with Gasteiger partial charge in [0.25, 0.3) is 0 Å². The molecule has 9 heteroatoms. The van der Waals surface area contributed by atoms with Gasteiger partial charge >= 0.3 is 6.18 Å². The Morgan fingerprint density at radius 1 is 1.18 bits per heavy atom. The number of hydrogen-bond acceptors (Lipinski definition) is 4. The van der Waals surface area contributed by atoms with Crippen LogP contribution >= 0.6 is 0 Å². The van der Waals surface area contributed by atoms with Gasteiger partial charge in [-0.1, -0.05) is 18.2 Å². The van der Waals surface area contributed by atoms with E-state index in [1.807, 2.05) is 0 Å². The molecule has 2 aliphatic heterocycles. The summed E-state index contributed by atoms with van der Waals surface area (Å²) in [5.41, 5.74) is -0.640. The number of amides is 2. The fraction of sp³-hybridized carbons (Fsp3) is 0.579. The molecule has 28 heavy (non-hydrogen) atoms. The van der Waals surface area contributed by atoms with E-state index in [1.165, 1.54) is 18.2 Å². The van der Waals surface area contributed by atoms with Crippen LogP contribution < -0.4 is 5.32 Å². The normalized spacial score (nSPS) is 22.2. The third kappa shape index (κ3) is 4.82. The second-order valence-corrected chi connectivity index (χ2v) is 7.25. The van der Waals surface area contributed by atoms with Crippen LogP contribution in [-0.4, -0.2) is 65.0 Å². The lowest BCUT2D eigenvalue weighted by Gasteiger charge is -2.37. The van der Waals surface area contributed by atoms with Crippen molar-refractivity contribution in [3.63, 3.8) is 0 Å². The number of nitrogens with zero attached hydrogens (tertiary/aromatic N) is 2. The Morgan fingerprint density at radius 3 is 2.54 bits per heavy atom. The van der Waals surface area contributed by atoms with E-state index in [2.05, 4.69) is 5.32 Å². The lowest BCUT2D eigenvalue weighted by atomic mass is 10.0. The summed E-state index contributed by atoms with van der Waals surface area (Å²) in [5.74, 6) is -0.566. The number of likely N-dealkylation sites (tertiary alicyclic amines) is 1. The standard InChI is InChI=1S/C19H24F3N3O3/c20-19(21,22)15-4-2-1-3-13(15)12-25-10-7-23-18(28)16(25)11-17(27)24-8-5-14(26)6-9-24/h1-4,14,16,26H,5-12H2,(H,23,28)/t16-/m0/s1. The number of alkyl halides is 3. The van der Waals surface area contributed by atoms with Crippen molar-refractivity contribution in [2.75, 3.05) is 26.2 Å². The number of rotatable bonds is 4. The van der Waals surface area contributed by atoms with E-state index in [-0.39, 0.29) is 30.3 Å². The Hall–Kier alpha value is -2.13. The highest BCUT2D eigenvalue weighted by molar-refractivity contribution is 5.88. The number of halogens is 3. The van der Waals surface area contributed by atoms with Gasteiger partial charge in [-0.25, -0.2) is 0 Å². The van der Waals surface area contributed by atoms with Gasteiger partial charge in [-0.15, -0.1) is 0 Å². The van der Waals surface area contributed by atoms with E-state index >= 15 is 0 Å². The number of carbonyl (C=O) groups is 2. The van der Waals surface area contributed by atoms with Gasteiger partial charge in [0.05, 0.1) is 24.1 Å². The Bertz CT molecular complexity index is 718. The average Bonchev–Trinajstić information content (AvgIpc) is 2.64. The molecule has 0 unspecified atom stereocenters. The van der Waals surface area contributed by atoms with Crippen LogP contribution in [-0.2, 0) is 22.3 Å². The lowest BCUT2D eigenvalue weighted by Crippen LogP contribution is -2.56. The first kappa shape index (κ1) is 20.6. The predicted molar refractivity (Wildman–Crippen MR) is 95.1 cm³/mol. The van der Waals surface area contributed by atoms with E-state index in [0.29, 0.717) is 39.0 Å². The van der Waals surface area contributed by atoms with Gasteiger partial charge in [-0.05, 0) is 24.5 Å². The summed E-state index contributed by atoms with van der Waals surface area (Å²) in [6.07, 6.45) is -4.00. The molecule has 3 rings (SSSR count). The molecule has 2 amide bonds. The monoisotopic (exact) mass is 399 g/mol. The SMILES string of the molecule is O=C1NCCN(Cc2ccccc2C(F)(F)F)[C@H]1CC(=O)N1CCC(O)CC1. The van der Waals surface area contributed by atoms with Crippen LogP contribution in [0.25, 0.3) is 0 Å². The highest BCUT2D eigenvalue weighted by Crippen LogP contribution is 2.33. The van der Waals surface area contributed by atoms with Crippen molar-refractivity contribution in [2.45, 2.75) is 44.1 Å². The summed E-state index contributed by atoms with van der Waals surface area (Å²) in [5, 5.41) is 12.3. The molecule has 2 heterocycles. The van der Waals surface area contributed by atoms with Crippen molar-refractivity contribution in [1.82, 2.24) is 15.1 Å². The van der Waals surface area contributed by atoms with Crippen LogP contribution in [0.4, 0.5) is 13.2 Å². The fourth-order valence-electron chi connectivity index (χ4n) is 3.74. The number of nitrogens with one attached hydrogen (secondary N) is 1. The summed E-state index contributed by atoms with van der Waals surface area (Å²) in [6, 6.07) is 4.49. The zero-order valence-corrected chi connectivity index (χ0v) is 15.4. The van der Waals surface area contributed by atoms with E-state index < -0.39 is 23.9 Å². The molecule has 2 N–H and O–H groups in total. The number of carbonyl (C=O) groups excluding carboxylic acids is 2. The van der Waals surface area contributed by atoms with Crippen LogP contribution in [0.5, 0.6) is 0 Å². The first-order valence-corrected chi connectivity index (χ1v) is 9.38. The maximum absolute atomic E-state index is 13.3. The minimum absolute atomic E-state index is 0.0558. The first-order chi connectivity index (χ1) is 13.3. The summed E-state index contributed by atoms with van der Waals surface area (Å²) >= 11 is 0. The Labute approximate surface area is 161 Å². The molecule has 0 radical (unpaired) electrons. The average molecular weight is 399 g/mol. The molecule has 1 atom stereocenters. The van der Waals surface area contributed by atoms with Gasteiger partial charge < -0.3 is 15.3 Å². The van der Waals surface area contributed by atoms with E-state index in [4.69, 9.17) is 0 Å². The number of piperazine rings is 1. The molecule has 6 nitrogen and oxygen atoms in total. The fourth-order valence-corrected chi connectivity index (χ4v) is 3.74. The number of piperidine rings is 1. The summed E-state index contributed by atoms with van der Waals surface area (Å²) in [6.45, 7) is 1.48.